The number of anilines is 1. The smallest absolute Gasteiger partial charge is 0.362 e. The number of aryl methyl sites for hydroxylation is 1. The van der Waals surface area contributed by atoms with Crippen molar-refractivity contribution in [3.63, 3.8) is 0 Å². The molecule has 1 aliphatic carbocycles. The molecule has 0 N–H and O–H groups in total. The minimum absolute atomic E-state index is 0.100. The minimum Gasteiger partial charge on any atom is -0.362 e. The number of nitrogens with zero attached hydrogens (tertiary/aromatic N) is 5. The standard InChI is InChI=1S/C25H23F4N5S/c1-14-9-23(35-32-14)33-12-15-4-5-16(13-33)20(15)11-22-30-24-19(3-2-8-34(24)31-22)18-7-6-17(26)10-21(18)25(27,28)29/h2-3,6-10,15-16,20H,4-5,11-13H2,1H3/t15-,16+,20?. The van der Waals surface area contributed by atoms with Gasteiger partial charge in [-0.1, -0.05) is 6.07 Å². The SMILES string of the molecule is Cc1cc(N2C[C@H]3CC[C@@H](C2)C3Cc2nc3c(-c4ccc(F)cc4C(F)(F)F)cccn3n2)sn1. The van der Waals surface area contributed by atoms with Crippen molar-refractivity contribution in [1.29, 1.82) is 0 Å². The highest BCUT2D eigenvalue weighted by Crippen LogP contribution is 2.45. The monoisotopic (exact) mass is 501 g/mol. The summed E-state index contributed by atoms with van der Waals surface area (Å²) in [6.07, 6.45) is 0.0213. The van der Waals surface area contributed by atoms with Crippen molar-refractivity contribution >= 4 is 22.2 Å². The van der Waals surface area contributed by atoms with E-state index in [1.807, 2.05) is 6.92 Å². The Hall–Kier alpha value is -3.01. The number of alkyl halides is 3. The summed E-state index contributed by atoms with van der Waals surface area (Å²) >= 11 is 1.54. The third-order valence-electron chi connectivity index (χ3n) is 7.36. The summed E-state index contributed by atoms with van der Waals surface area (Å²) in [6, 6.07) is 8.10. The molecule has 1 saturated carbocycles. The summed E-state index contributed by atoms with van der Waals surface area (Å²) in [5.74, 6) is 1.20. The molecule has 5 nitrogen and oxygen atoms in total. The van der Waals surface area contributed by atoms with Crippen LogP contribution in [0.1, 0.15) is 29.9 Å². The molecule has 2 aliphatic rings. The molecule has 4 heterocycles. The van der Waals surface area contributed by atoms with Gasteiger partial charge in [-0.25, -0.2) is 13.9 Å². The zero-order chi connectivity index (χ0) is 24.3. The molecule has 1 aromatic carbocycles. The highest BCUT2D eigenvalue weighted by molar-refractivity contribution is 7.10. The van der Waals surface area contributed by atoms with E-state index in [1.165, 1.54) is 15.6 Å². The maximum absolute atomic E-state index is 13.7. The van der Waals surface area contributed by atoms with Gasteiger partial charge in [0.05, 0.1) is 11.3 Å². The first-order valence-corrected chi connectivity index (χ1v) is 12.4. The van der Waals surface area contributed by atoms with Gasteiger partial charge in [0.2, 0.25) is 0 Å². The van der Waals surface area contributed by atoms with Crippen molar-refractivity contribution < 1.29 is 17.6 Å². The van der Waals surface area contributed by atoms with Gasteiger partial charge in [0.15, 0.2) is 11.5 Å². The zero-order valence-electron chi connectivity index (χ0n) is 19.0. The third-order valence-corrected chi connectivity index (χ3v) is 8.30. The van der Waals surface area contributed by atoms with Gasteiger partial charge in [-0.3, -0.25) is 0 Å². The van der Waals surface area contributed by atoms with Crippen LogP contribution in [0.15, 0.2) is 42.6 Å². The highest BCUT2D eigenvalue weighted by Gasteiger charge is 2.43. The molecule has 1 aliphatic heterocycles. The number of hydrogen-bond acceptors (Lipinski definition) is 5. The van der Waals surface area contributed by atoms with E-state index in [2.05, 4.69) is 25.4 Å². The van der Waals surface area contributed by atoms with Crippen molar-refractivity contribution in [2.24, 2.45) is 17.8 Å². The van der Waals surface area contributed by atoms with Crippen molar-refractivity contribution in [3.8, 4) is 11.1 Å². The minimum atomic E-state index is -4.68. The van der Waals surface area contributed by atoms with Crippen LogP contribution in [0.5, 0.6) is 0 Å². The maximum atomic E-state index is 13.7. The lowest BCUT2D eigenvalue weighted by molar-refractivity contribution is -0.137. The second-order valence-electron chi connectivity index (χ2n) is 9.58. The molecule has 0 spiro atoms. The fourth-order valence-corrected chi connectivity index (χ4v) is 6.57. The van der Waals surface area contributed by atoms with E-state index < -0.39 is 17.6 Å². The van der Waals surface area contributed by atoms with E-state index in [-0.39, 0.29) is 11.1 Å². The van der Waals surface area contributed by atoms with Gasteiger partial charge in [-0.15, -0.1) is 0 Å². The van der Waals surface area contributed by atoms with Gasteiger partial charge in [0.25, 0.3) is 0 Å². The lowest BCUT2D eigenvalue weighted by atomic mass is 9.82. The predicted molar refractivity (Wildman–Crippen MR) is 126 cm³/mol. The normalized spacial score (nSPS) is 22.3. The number of piperidine rings is 1. The Morgan fingerprint density at radius 3 is 2.51 bits per heavy atom. The summed E-state index contributed by atoms with van der Waals surface area (Å²) in [5.41, 5.74) is 0.566. The summed E-state index contributed by atoms with van der Waals surface area (Å²) in [6.45, 7) is 3.96. The molecule has 6 rings (SSSR count). The number of hydrogen-bond donors (Lipinski definition) is 0. The number of halogens is 4. The van der Waals surface area contributed by atoms with Crippen molar-refractivity contribution in [1.82, 2.24) is 19.0 Å². The molecule has 1 saturated heterocycles. The van der Waals surface area contributed by atoms with Gasteiger partial charge < -0.3 is 4.90 Å². The van der Waals surface area contributed by atoms with Crippen LogP contribution in [0.2, 0.25) is 0 Å². The molecule has 0 amide bonds. The first kappa shape index (κ1) is 22.5. The van der Waals surface area contributed by atoms with Gasteiger partial charge in [0, 0.05) is 31.3 Å². The lowest BCUT2D eigenvalue weighted by Crippen LogP contribution is -2.42. The van der Waals surface area contributed by atoms with Crippen LogP contribution in [0.25, 0.3) is 16.8 Å². The van der Waals surface area contributed by atoms with E-state index in [4.69, 9.17) is 0 Å². The first-order chi connectivity index (χ1) is 16.8. The van der Waals surface area contributed by atoms with E-state index in [9.17, 15) is 17.6 Å². The van der Waals surface area contributed by atoms with E-state index in [0.29, 0.717) is 41.7 Å². The Labute approximate surface area is 203 Å². The first-order valence-electron chi connectivity index (χ1n) is 11.7. The Balaban J connectivity index is 1.29. The average molecular weight is 502 g/mol. The van der Waals surface area contributed by atoms with Crippen LogP contribution in [-0.4, -0.2) is 32.1 Å². The van der Waals surface area contributed by atoms with Crippen LogP contribution < -0.4 is 4.90 Å². The number of rotatable bonds is 4. The molecule has 10 heteroatoms. The molecule has 2 fully saturated rings. The van der Waals surface area contributed by atoms with Gasteiger partial charge in [-0.2, -0.15) is 22.6 Å². The summed E-state index contributed by atoms with van der Waals surface area (Å²) in [7, 11) is 0. The second-order valence-corrected chi connectivity index (χ2v) is 10.4. The molecule has 3 atom stereocenters. The molecule has 35 heavy (non-hydrogen) atoms. The Morgan fingerprint density at radius 1 is 1.06 bits per heavy atom. The third kappa shape index (κ3) is 4.07. The van der Waals surface area contributed by atoms with Crippen LogP contribution in [0.3, 0.4) is 0 Å². The van der Waals surface area contributed by atoms with Crippen LogP contribution >= 0.6 is 11.5 Å². The van der Waals surface area contributed by atoms with Crippen LogP contribution in [0, 0.1) is 30.5 Å². The highest BCUT2D eigenvalue weighted by atomic mass is 32.1. The van der Waals surface area contributed by atoms with Crippen molar-refractivity contribution in [2.75, 3.05) is 18.0 Å². The fraction of sp³-hybridized carbons (Fsp3) is 0.400. The van der Waals surface area contributed by atoms with Crippen molar-refractivity contribution in [3.05, 3.63) is 65.5 Å². The number of fused-ring (bicyclic) bond motifs is 3. The number of benzene rings is 1. The summed E-state index contributed by atoms with van der Waals surface area (Å²) in [4.78, 5) is 7.11. The van der Waals surface area contributed by atoms with Crippen molar-refractivity contribution in [2.45, 2.75) is 32.4 Å². The fourth-order valence-electron chi connectivity index (χ4n) is 5.79. The quantitative estimate of drug-likeness (QED) is 0.321. The molecule has 1 unspecified atom stereocenters. The average Bonchev–Trinajstić information content (AvgIpc) is 3.48. The molecule has 2 bridgehead atoms. The largest absolute Gasteiger partial charge is 0.417 e. The molecule has 182 valence electrons. The maximum Gasteiger partial charge on any atom is 0.417 e. The van der Waals surface area contributed by atoms with Gasteiger partial charge in [-0.05, 0) is 84.9 Å². The van der Waals surface area contributed by atoms with Gasteiger partial charge in [0.1, 0.15) is 10.8 Å². The van der Waals surface area contributed by atoms with E-state index >= 15 is 0 Å². The lowest BCUT2D eigenvalue weighted by Gasteiger charge is -2.38. The Morgan fingerprint density at radius 2 is 1.83 bits per heavy atom. The summed E-state index contributed by atoms with van der Waals surface area (Å²) < 4.78 is 60.6. The van der Waals surface area contributed by atoms with E-state index in [1.54, 1.807) is 29.9 Å². The Kier molecular flexibility index (Phi) is 5.32. The van der Waals surface area contributed by atoms with Crippen LogP contribution in [-0.2, 0) is 12.6 Å². The predicted octanol–water partition coefficient (Wildman–Crippen LogP) is 6.02. The van der Waals surface area contributed by atoms with Gasteiger partial charge >= 0.3 is 6.18 Å². The van der Waals surface area contributed by atoms with Crippen LogP contribution in [0.4, 0.5) is 22.6 Å². The second kappa shape index (κ2) is 8.29. The number of pyridine rings is 1. The van der Waals surface area contributed by atoms with E-state index in [0.717, 1.165) is 37.7 Å². The molecule has 0 radical (unpaired) electrons. The zero-order valence-corrected chi connectivity index (χ0v) is 19.8. The summed E-state index contributed by atoms with van der Waals surface area (Å²) in [5, 5.41) is 5.82. The molecular formula is C25H23F4N5S. The molecule has 4 aromatic rings. The Bertz CT molecular complexity index is 1380. The number of aromatic nitrogens is 4. The molecular weight excluding hydrogens is 478 g/mol. The topological polar surface area (TPSA) is 46.3 Å². The molecule has 3 aromatic heterocycles.